The van der Waals surface area contributed by atoms with Crippen molar-refractivity contribution >= 4 is 23.7 Å². The van der Waals surface area contributed by atoms with E-state index in [9.17, 15) is 14.7 Å². The molecule has 0 aromatic heterocycles. The first-order chi connectivity index (χ1) is 7.37. The highest BCUT2D eigenvalue weighted by atomic mass is 35.5. The van der Waals surface area contributed by atoms with Crippen LogP contribution in [0.5, 0.6) is 0 Å². The number of carbonyl (C=O) groups excluding carboxylic acids is 1. The molecule has 0 aromatic rings. The lowest BCUT2D eigenvalue weighted by molar-refractivity contribution is -0.253. The van der Waals surface area contributed by atoms with Crippen LogP contribution in [0.15, 0.2) is 23.3 Å². The van der Waals surface area contributed by atoms with Gasteiger partial charge < -0.3 is 20.3 Å². The Morgan fingerprint density at radius 2 is 2.31 bits per heavy atom. The van der Waals surface area contributed by atoms with Gasteiger partial charge in [-0.1, -0.05) is 23.8 Å². The molecule has 0 aromatic carbocycles. The number of hydrogen-bond acceptors (Lipinski definition) is 3. The Hall–Kier alpha value is -1.49. The number of amides is 1. The third-order valence-corrected chi connectivity index (χ3v) is 2.87. The minimum absolute atomic E-state index is 0.104. The van der Waals surface area contributed by atoms with Gasteiger partial charge >= 0.3 is 5.97 Å². The number of carboxylic acid groups (broad SMARTS) is 2. The first kappa shape index (κ1) is 12.6. The highest BCUT2D eigenvalue weighted by Crippen LogP contribution is 2.32. The van der Waals surface area contributed by atoms with E-state index in [0.29, 0.717) is 5.03 Å². The third kappa shape index (κ3) is 2.55. The zero-order chi connectivity index (χ0) is 12.3. The van der Waals surface area contributed by atoms with Gasteiger partial charge in [-0.05, 0) is 13.0 Å². The summed E-state index contributed by atoms with van der Waals surface area (Å²) in [6, 6.07) is 0. The molecule has 0 bridgehead atoms. The van der Waals surface area contributed by atoms with E-state index in [0.717, 1.165) is 0 Å². The lowest BCUT2D eigenvalue weighted by atomic mass is 9.79. The van der Waals surface area contributed by atoms with Crippen LogP contribution < -0.4 is 10.4 Å². The molecule has 2 N–H and O–H groups in total. The Kier molecular flexibility index (Phi) is 3.59. The standard InChI is InChI=1S/C10H12ClNO4/c1-6(8(13)14)10(12-9(15)16)4-2-3-7(11)5-10/h2-4,6,12H,5H2,1H3,(H,13,14)(H,15,16)/p-1. The largest absolute Gasteiger partial charge is 0.530 e. The Bertz CT molecular complexity index is 373. The molecule has 0 heterocycles. The van der Waals surface area contributed by atoms with Gasteiger partial charge in [0, 0.05) is 11.5 Å². The second kappa shape index (κ2) is 4.57. The summed E-state index contributed by atoms with van der Waals surface area (Å²) in [4.78, 5) is 21.5. The van der Waals surface area contributed by atoms with E-state index in [-0.39, 0.29) is 6.42 Å². The zero-order valence-electron chi connectivity index (χ0n) is 8.57. The molecule has 0 aliphatic heterocycles. The number of halogens is 1. The van der Waals surface area contributed by atoms with Gasteiger partial charge in [-0.2, -0.15) is 0 Å². The second-order valence-electron chi connectivity index (χ2n) is 3.66. The minimum Gasteiger partial charge on any atom is -0.530 e. The van der Waals surface area contributed by atoms with Crippen molar-refractivity contribution in [3.05, 3.63) is 23.3 Å². The molecule has 2 atom stereocenters. The minimum atomic E-state index is -1.52. The Labute approximate surface area is 97.4 Å². The molecular weight excluding hydrogens is 234 g/mol. The summed E-state index contributed by atoms with van der Waals surface area (Å²) in [6.07, 6.45) is 3.18. The summed E-state index contributed by atoms with van der Waals surface area (Å²) < 4.78 is 0. The highest BCUT2D eigenvalue weighted by molar-refractivity contribution is 6.29. The van der Waals surface area contributed by atoms with Crippen molar-refractivity contribution in [2.45, 2.75) is 18.9 Å². The smallest absolute Gasteiger partial charge is 0.308 e. The number of carbonyl (C=O) groups is 2. The summed E-state index contributed by atoms with van der Waals surface area (Å²) in [5.74, 6) is -2.05. The van der Waals surface area contributed by atoms with E-state index < -0.39 is 23.5 Å². The fraction of sp³-hybridized carbons (Fsp3) is 0.400. The lowest BCUT2D eigenvalue weighted by Gasteiger charge is -2.37. The Balaban J connectivity index is 3.04. The van der Waals surface area contributed by atoms with E-state index in [1.54, 1.807) is 6.08 Å². The van der Waals surface area contributed by atoms with Crippen molar-refractivity contribution in [3.63, 3.8) is 0 Å². The van der Waals surface area contributed by atoms with Crippen LogP contribution in [0.3, 0.4) is 0 Å². The number of carboxylic acids is 1. The van der Waals surface area contributed by atoms with Gasteiger partial charge in [0.25, 0.3) is 0 Å². The van der Waals surface area contributed by atoms with Gasteiger partial charge in [0.2, 0.25) is 0 Å². The van der Waals surface area contributed by atoms with Crippen molar-refractivity contribution in [1.82, 2.24) is 5.32 Å². The number of nitrogens with one attached hydrogen (secondary N) is 1. The summed E-state index contributed by atoms with van der Waals surface area (Å²) in [6.45, 7) is 1.41. The maximum Gasteiger partial charge on any atom is 0.308 e. The predicted octanol–water partition coefficient (Wildman–Crippen LogP) is 0.461. The van der Waals surface area contributed by atoms with E-state index in [2.05, 4.69) is 5.32 Å². The van der Waals surface area contributed by atoms with Crippen LogP contribution >= 0.6 is 11.6 Å². The van der Waals surface area contributed by atoms with Crippen LogP contribution in [-0.4, -0.2) is 22.7 Å². The van der Waals surface area contributed by atoms with Crippen LogP contribution in [0.25, 0.3) is 0 Å². The molecule has 16 heavy (non-hydrogen) atoms. The molecule has 88 valence electrons. The fourth-order valence-electron chi connectivity index (χ4n) is 1.62. The average molecular weight is 245 g/mol. The lowest BCUT2D eigenvalue weighted by Crippen LogP contribution is -2.57. The van der Waals surface area contributed by atoms with E-state index in [1.807, 2.05) is 0 Å². The number of aliphatic carboxylic acids is 1. The molecule has 5 nitrogen and oxygen atoms in total. The summed E-state index contributed by atoms with van der Waals surface area (Å²) >= 11 is 5.80. The van der Waals surface area contributed by atoms with E-state index in [4.69, 9.17) is 16.7 Å². The topological polar surface area (TPSA) is 89.5 Å². The molecular formula is C10H11ClNO4-. The molecule has 1 aliphatic rings. The molecule has 1 amide bonds. The van der Waals surface area contributed by atoms with Gasteiger partial charge in [0.1, 0.15) is 6.09 Å². The van der Waals surface area contributed by atoms with Crippen LogP contribution in [0.2, 0.25) is 0 Å². The number of allylic oxidation sites excluding steroid dienone is 2. The summed E-state index contributed by atoms with van der Waals surface area (Å²) in [5.41, 5.74) is -1.24. The van der Waals surface area contributed by atoms with Crippen LogP contribution in [0.4, 0.5) is 4.79 Å². The Morgan fingerprint density at radius 3 is 2.75 bits per heavy atom. The van der Waals surface area contributed by atoms with Crippen LogP contribution in [0.1, 0.15) is 13.3 Å². The maximum atomic E-state index is 10.9. The maximum absolute atomic E-state index is 10.9. The summed E-state index contributed by atoms with van der Waals surface area (Å²) in [7, 11) is 0. The van der Waals surface area contributed by atoms with E-state index >= 15 is 0 Å². The Morgan fingerprint density at radius 1 is 1.69 bits per heavy atom. The molecule has 1 rings (SSSR count). The SMILES string of the molecule is CC(C(=O)O)C1(NC(=O)[O-])C=CC=C(Cl)C1. The second-order valence-corrected chi connectivity index (χ2v) is 4.15. The molecule has 0 spiro atoms. The summed E-state index contributed by atoms with van der Waals surface area (Å²) in [5, 5.41) is 22.1. The normalized spacial score (nSPS) is 25.8. The van der Waals surface area contributed by atoms with Gasteiger partial charge in [0.15, 0.2) is 0 Å². The van der Waals surface area contributed by atoms with Gasteiger partial charge in [0.05, 0.1) is 11.5 Å². The van der Waals surface area contributed by atoms with Gasteiger partial charge in [-0.25, -0.2) is 0 Å². The molecule has 0 radical (unpaired) electrons. The molecule has 0 saturated heterocycles. The first-order valence-corrected chi connectivity index (χ1v) is 5.01. The molecule has 6 heteroatoms. The molecule has 2 unspecified atom stereocenters. The van der Waals surface area contributed by atoms with Gasteiger partial charge in [-0.3, -0.25) is 4.79 Å². The van der Waals surface area contributed by atoms with Crippen molar-refractivity contribution < 1.29 is 19.8 Å². The van der Waals surface area contributed by atoms with E-state index in [1.165, 1.54) is 19.1 Å². The van der Waals surface area contributed by atoms with Gasteiger partial charge in [-0.15, -0.1) is 0 Å². The highest BCUT2D eigenvalue weighted by Gasteiger charge is 2.39. The number of rotatable bonds is 3. The zero-order valence-corrected chi connectivity index (χ0v) is 9.32. The first-order valence-electron chi connectivity index (χ1n) is 4.63. The van der Waals surface area contributed by atoms with Crippen LogP contribution in [-0.2, 0) is 4.79 Å². The third-order valence-electron chi connectivity index (χ3n) is 2.61. The van der Waals surface area contributed by atoms with Crippen molar-refractivity contribution in [2.24, 2.45) is 5.92 Å². The predicted molar refractivity (Wildman–Crippen MR) is 55.8 cm³/mol. The quantitative estimate of drug-likeness (QED) is 0.755. The fourth-order valence-corrected chi connectivity index (χ4v) is 1.92. The van der Waals surface area contributed by atoms with Crippen LogP contribution in [0, 0.1) is 5.92 Å². The monoisotopic (exact) mass is 244 g/mol. The van der Waals surface area contributed by atoms with Crippen molar-refractivity contribution in [1.29, 1.82) is 0 Å². The number of hydrogen-bond donors (Lipinski definition) is 2. The average Bonchev–Trinajstić information content (AvgIpc) is 2.15. The molecule has 1 aliphatic carbocycles. The molecule has 0 fully saturated rings. The van der Waals surface area contributed by atoms with Crippen molar-refractivity contribution in [3.8, 4) is 0 Å². The van der Waals surface area contributed by atoms with Crippen molar-refractivity contribution in [2.75, 3.05) is 0 Å². The molecule has 0 saturated carbocycles.